The average molecular weight is 321 g/mol. The smallest absolute Gasteiger partial charge is 0.230 e. The van der Waals surface area contributed by atoms with Crippen molar-refractivity contribution in [3.05, 3.63) is 29.8 Å². The first-order valence-corrected chi connectivity index (χ1v) is 8.74. The minimum atomic E-state index is -3.04. The van der Waals surface area contributed by atoms with Crippen molar-refractivity contribution in [2.45, 2.75) is 17.4 Å². The van der Waals surface area contributed by atoms with E-state index in [0.29, 0.717) is 6.42 Å². The number of halogens is 2. The van der Waals surface area contributed by atoms with Crippen LogP contribution in [0.1, 0.15) is 6.42 Å². The Kier molecular flexibility index (Phi) is 4.64. The maximum absolute atomic E-state index is 13.3. The number of benzene rings is 1. The summed E-state index contributed by atoms with van der Waals surface area (Å²) in [7, 11) is -3.04. The van der Waals surface area contributed by atoms with Gasteiger partial charge in [0.1, 0.15) is 11.6 Å². The topological polar surface area (TPSA) is 63.2 Å². The molecule has 8 heteroatoms. The fourth-order valence-corrected chi connectivity index (χ4v) is 4.32. The molecule has 1 N–H and O–H groups in total. The highest BCUT2D eigenvalue weighted by atomic mass is 32.2. The summed E-state index contributed by atoms with van der Waals surface area (Å²) in [6.45, 7) is 0. The summed E-state index contributed by atoms with van der Waals surface area (Å²) in [5.74, 6) is -1.76. The van der Waals surface area contributed by atoms with Crippen LogP contribution in [0.3, 0.4) is 0 Å². The monoisotopic (exact) mass is 321 g/mol. The quantitative estimate of drug-likeness (QED) is 0.851. The first-order valence-electron chi connectivity index (χ1n) is 5.93. The van der Waals surface area contributed by atoms with E-state index in [0.717, 1.165) is 23.9 Å². The summed E-state index contributed by atoms with van der Waals surface area (Å²) in [6.07, 6.45) is 0.406. The molecule has 110 valence electrons. The van der Waals surface area contributed by atoms with Crippen LogP contribution in [0.2, 0.25) is 0 Å². The molecule has 4 nitrogen and oxygen atoms in total. The second-order valence-corrected chi connectivity index (χ2v) is 7.78. The zero-order chi connectivity index (χ0) is 14.8. The van der Waals surface area contributed by atoms with E-state index < -0.39 is 21.5 Å². The normalized spacial score (nSPS) is 20.8. The largest absolute Gasteiger partial charge is 0.352 e. The van der Waals surface area contributed by atoms with Gasteiger partial charge in [-0.3, -0.25) is 4.79 Å². The molecule has 1 saturated heterocycles. The van der Waals surface area contributed by atoms with E-state index in [4.69, 9.17) is 0 Å². The Bertz CT molecular complexity index is 619. The molecule has 20 heavy (non-hydrogen) atoms. The van der Waals surface area contributed by atoms with Crippen molar-refractivity contribution in [3.8, 4) is 0 Å². The van der Waals surface area contributed by atoms with Crippen molar-refractivity contribution in [3.63, 3.8) is 0 Å². The van der Waals surface area contributed by atoms with Gasteiger partial charge >= 0.3 is 0 Å². The summed E-state index contributed by atoms with van der Waals surface area (Å²) < 4.78 is 48.5. The first-order chi connectivity index (χ1) is 9.35. The van der Waals surface area contributed by atoms with Gasteiger partial charge in [0, 0.05) is 17.0 Å². The van der Waals surface area contributed by atoms with E-state index in [1.54, 1.807) is 0 Å². The lowest BCUT2D eigenvalue weighted by atomic mass is 10.3. The Labute approximate surface area is 119 Å². The molecule has 1 aromatic carbocycles. The molecule has 0 aliphatic carbocycles. The maximum atomic E-state index is 13.3. The van der Waals surface area contributed by atoms with Crippen molar-refractivity contribution in [2.75, 3.05) is 17.3 Å². The third kappa shape index (κ3) is 4.17. The van der Waals surface area contributed by atoms with Crippen LogP contribution in [0.5, 0.6) is 0 Å². The summed E-state index contributed by atoms with van der Waals surface area (Å²) in [6, 6.07) is 2.77. The van der Waals surface area contributed by atoms with Crippen LogP contribution in [0, 0.1) is 11.6 Å². The fraction of sp³-hybridized carbons (Fsp3) is 0.417. The van der Waals surface area contributed by atoms with Gasteiger partial charge in [-0.2, -0.15) is 0 Å². The Morgan fingerprint density at radius 1 is 1.40 bits per heavy atom. The number of thioether (sulfide) groups is 1. The molecule has 1 fully saturated rings. The van der Waals surface area contributed by atoms with Crippen molar-refractivity contribution >= 4 is 27.5 Å². The van der Waals surface area contributed by atoms with Crippen molar-refractivity contribution in [1.82, 2.24) is 5.32 Å². The number of nitrogens with one attached hydrogen (secondary N) is 1. The van der Waals surface area contributed by atoms with Crippen LogP contribution in [-0.4, -0.2) is 37.6 Å². The molecule has 1 aromatic rings. The SMILES string of the molecule is O=C(CSc1ccc(F)cc1F)N[C@H]1CCS(=O)(=O)C1. The molecule has 2 rings (SSSR count). The number of hydrogen-bond acceptors (Lipinski definition) is 4. The number of amides is 1. The average Bonchev–Trinajstić information content (AvgIpc) is 2.67. The summed E-state index contributed by atoms with van der Waals surface area (Å²) in [5, 5.41) is 2.60. The highest BCUT2D eigenvalue weighted by Gasteiger charge is 2.28. The van der Waals surface area contributed by atoms with Gasteiger partial charge in [0.2, 0.25) is 5.91 Å². The molecule has 0 saturated carbocycles. The van der Waals surface area contributed by atoms with E-state index in [2.05, 4.69) is 5.32 Å². The molecule has 0 bridgehead atoms. The van der Waals surface area contributed by atoms with E-state index in [-0.39, 0.29) is 34.1 Å². The van der Waals surface area contributed by atoms with Crippen LogP contribution in [0.25, 0.3) is 0 Å². The van der Waals surface area contributed by atoms with Crippen LogP contribution in [0.15, 0.2) is 23.1 Å². The number of sulfone groups is 1. The molecule has 0 radical (unpaired) electrons. The van der Waals surface area contributed by atoms with Crippen LogP contribution >= 0.6 is 11.8 Å². The standard InChI is InChI=1S/C12H13F2NO3S2/c13-8-1-2-11(10(14)5-8)19-6-12(16)15-9-3-4-20(17,18)7-9/h1-2,5,9H,3-4,6-7H2,(H,15,16)/t9-/m0/s1. The van der Waals surface area contributed by atoms with Gasteiger partial charge < -0.3 is 5.32 Å². The highest BCUT2D eigenvalue weighted by molar-refractivity contribution is 8.00. The van der Waals surface area contributed by atoms with Gasteiger partial charge in [-0.1, -0.05) is 0 Å². The lowest BCUT2D eigenvalue weighted by Gasteiger charge is -2.10. The number of rotatable bonds is 4. The Morgan fingerprint density at radius 2 is 2.15 bits per heavy atom. The molecule has 0 spiro atoms. The number of carbonyl (C=O) groups is 1. The number of carbonyl (C=O) groups excluding carboxylic acids is 1. The number of hydrogen-bond donors (Lipinski definition) is 1. The van der Waals surface area contributed by atoms with Gasteiger partial charge in [-0.05, 0) is 18.6 Å². The molecular formula is C12H13F2NO3S2. The molecule has 0 unspecified atom stereocenters. The highest BCUT2D eigenvalue weighted by Crippen LogP contribution is 2.22. The van der Waals surface area contributed by atoms with Gasteiger partial charge in [0.15, 0.2) is 9.84 Å². The molecule has 1 heterocycles. The summed E-state index contributed by atoms with van der Waals surface area (Å²) in [4.78, 5) is 11.8. The van der Waals surface area contributed by atoms with Crippen molar-refractivity contribution in [1.29, 1.82) is 0 Å². The van der Waals surface area contributed by atoms with E-state index in [1.807, 2.05) is 0 Å². The Morgan fingerprint density at radius 3 is 2.75 bits per heavy atom. The van der Waals surface area contributed by atoms with Crippen LogP contribution in [0.4, 0.5) is 8.78 Å². The Hall–Kier alpha value is -1.15. The minimum Gasteiger partial charge on any atom is -0.352 e. The van der Waals surface area contributed by atoms with Gasteiger partial charge in [0.05, 0.1) is 17.3 Å². The predicted octanol–water partition coefficient (Wildman–Crippen LogP) is 1.36. The van der Waals surface area contributed by atoms with E-state index >= 15 is 0 Å². The second-order valence-electron chi connectivity index (χ2n) is 4.53. The Balaban J connectivity index is 1.84. The van der Waals surface area contributed by atoms with E-state index in [1.165, 1.54) is 6.07 Å². The maximum Gasteiger partial charge on any atom is 0.230 e. The minimum absolute atomic E-state index is 0.0426. The lowest BCUT2D eigenvalue weighted by Crippen LogP contribution is -2.36. The zero-order valence-corrected chi connectivity index (χ0v) is 12.1. The first kappa shape index (κ1) is 15.2. The van der Waals surface area contributed by atoms with Crippen molar-refractivity contribution < 1.29 is 22.0 Å². The molecule has 1 atom stereocenters. The molecule has 1 aliphatic heterocycles. The molecular weight excluding hydrogens is 308 g/mol. The fourth-order valence-electron chi connectivity index (χ4n) is 1.91. The van der Waals surface area contributed by atoms with Crippen LogP contribution in [-0.2, 0) is 14.6 Å². The van der Waals surface area contributed by atoms with Crippen LogP contribution < -0.4 is 5.32 Å². The van der Waals surface area contributed by atoms with Gasteiger partial charge in [0.25, 0.3) is 0 Å². The summed E-state index contributed by atoms with van der Waals surface area (Å²) >= 11 is 0.944. The third-order valence-corrected chi connectivity index (χ3v) is 5.67. The molecule has 0 aromatic heterocycles. The summed E-state index contributed by atoms with van der Waals surface area (Å²) in [5.41, 5.74) is 0. The van der Waals surface area contributed by atoms with Gasteiger partial charge in [-0.15, -0.1) is 11.8 Å². The van der Waals surface area contributed by atoms with Gasteiger partial charge in [-0.25, -0.2) is 17.2 Å². The van der Waals surface area contributed by atoms with E-state index in [9.17, 15) is 22.0 Å². The molecule has 1 aliphatic rings. The third-order valence-electron chi connectivity index (χ3n) is 2.85. The molecule has 1 amide bonds. The van der Waals surface area contributed by atoms with Crippen molar-refractivity contribution in [2.24, 2.45) is 0 Å². The second kappa shape index (κ2) is 6.09. The zero-order valence-electron chi connectivity index (χ0n) is 10.4. The lowest BCUT2D eigenvalue weighted by molar-refractivity contribution is -0.119. The predicted molar refractivity (Wildman–Crippen MR) is 72.3 cm³/mol.